The van der Waals surface area contributed by atoms with Crippen LogP contribution in [-0.4, -0.2) is 74.0 Å². The number of benzene rings is 3. The van der Waals surface area contributed by atoms with Crippen molar-refractivity contribution in [3.05, 3.63) is 95.6 Å². The van der Waals surface area contributed by atoms with Gasteiger partial charge in [0.15, 0.2) is 0 Å². The van der Waals surface area contributed by atoms with E-state index in [1.807, 2.05) is 59.5 Å². The average Bonchev–Trinajstić information content (AvgIpc) is 3.25. The summed E-state index contributed by atoms with van der Waals surface area (Å²) >= 11 is 0. The van der Waals surface area contributed by atoms with E-state index < -0.39 is 24.0 Å². The Morgan fingerprint density at radius 1 is 0.923 bits per heavy atom. The van der Waals surface area contributed by atoms with Gasteiger partial charge in [0.05, 0.1) is 6.61 Å². The molecule has 1 aliphatic rings. The van der Waals surface area contributed by atoms with Gasteiger partial charge in [0.25, 0.3) is 0 Å². The van der Waals surface area contributed by atoms with E-state index in [0.717, 1.165) is 27.8 Å². The van der Waals surface area contributed by atoms with Crippen LogP contribution < -0.4 is 10.6 Å². The lowest BCUT2D eigenvalue weighted by Crippen LogP contribution is -2.48. The van der Waals surface area contributed by atoms with Gasteiger partial charge in [-0.25, -0.2) is 9.59 Å². The number of hydrogen-bond donors (Lipinski definition) is 3. The minimum absolute atomic E-state index is 0.0305. The van der Waals surface area contributed by atoms with Gasteiger partial charge in [-0.3, -0.25) is 9.69 Å². The van der Waals surface area contributed by atoms with E-state index in [9.17, 15) is 19.5 Å². The second-order valence-electron chi connectivity index (χ2n) is 9.45. The highest BCUT2D eigenvalue weighted by Gasteiger charge is 2.29. The Kier molecular flexibility index (Phi) is 9.66. The number of carboxylic acids is 1. The van der Waals surface area contributed by atoms with Crippen LogP contribution in [0.2, 0.25) is 0 Å². The van der Waals surface area contributed by atoms with E-state index >= 15 is 0 Å². The minimum atomic E-state index is -1.12. The Bertz CT molecular complexity index is 1240. The number of nitrogens with one attached hydrogen (secondary N) is 2. The number of hydrogen-bond acceptors (Lipinski definition) is 6. The van der Waals surface area contributed by atoms with Gasteiger partial charge in [-0.15, -0.1) is 0 Å². The maximum Gasteiger partial charge on any atom is 0.407 e. The zero-order valence-corrected chi connectivity index (χ0v) is 21.8. The van der Waals surface area contributed by atoms with Crippen molar-refractivity contribution in [3.8, 4) is 11.1 Å². The predicted molar refractivity (Wildman–Crippen MR) is 146 cm³/mol. The van der Waals surface area contributed by atoms with Crippen LogP contribution in [0.25, 0.3) is 11.1 Å². The molecule has 0 fully saturated rings. The average molecular weight is 532 g/mol. The molecule has 2 amide bonds. The van der Waals surface area contributed by atoms with Crippen molar-refractivity contribution in [2.45, 2.75) is 18.5 Å². The number of carbonyl (C=O) groups is 3. The first-order valence-corrected chi connectivity index (χ1v) is 12.8. The Morgan fingerprint density at radius 3 is 2.18 bits per heavy atom. The number of carbonyl (C=O) groups excluding carboxylic acids is 2. The number of aliphatic carboxylic acids is 1. The van der Waals surface area contributed by atoms with Gasteiger partial charge < -0.3 is 25.2 Å². The van der Waals surface area contributed by atoms with Crippen molar-refractivity contribution in [2.75, 3.05) is 40.0 Å². The van der Waals surface area contributed by atoms with Crippen LogP contribution in [0.15, 0.2) is 78.9 Å². The standard InChI is InChI=1S/C30H33N3O6/c1-33(17-21-9-3-2-4-10-21)18-27(29(35)36)32-28(34)20-38-16-15-31-30(37)39-19-26-24-13-7-5-11-22(24)23-12-6-8-14-25(23)26/h2-14,26-27H,15-20H2,1H3,(H,31,37)(H,32,34)(H,35,36). The number of alkyl carbamates (subject to hydrolysis) is 1. The zero-order chi connectivity index (χ0) is 27.6. The Morgan fingerprint density at radius 2 is 1.54 bits per heavy atom. The third-order valence-corrected chi connectivity index (χ3v) is 6.52. The third kappa shape index (κ3) is 7.66. The fourth-order valence-corrected chi connectivity index (χ4v) is 4.73. The summed E-state index contributed by atoms with van der Waals surface area (Å²) in [5, 5.41) is 14.6. The molecule has 0 bridgehead atoms. The molecule has 9 heteroatoms. The molecule has 0 saturated heterocycles. The number of rotatable bonds is 13. The quantitative estimate of drug-likeness (QED) is 0.290. The Hall–Kier alpha value is -4.21. The van der Waals surface area contributed by atoms with Crippen LogP contribution in [-0.2, 0) is 25.6 Å². The molecule has 204 valence electrons. The van der Waals surface area contributed by atoms with Gasteiger partial charge in [-0.05, 0) is 34.9 Å². The fraction of sp³-hybridized carbons (Fsp3) is 0.300. The van der Waals surface area contributed by atoms with E-state index in [1.54, 1.807) is 7.05 Å². The Labute approximate surface area is 227 Å². The van der Waals surface area contributed by atoms with E-state index in [1.165, 1.54) is 0 Å². The molecular formula is C30H33N3O6. The number of carboxylic acid groups (broad SMARTS) is 1. The smallest absolute Gasteiger partial charge is 0.407 e. The molecule has 0 saturated carbocycles. The Balaban J connectivity index is 1.13. The lowest BCUT2D eigenvalue weighted by atomic mass is 9.98. The summed E-state index contributed by atoms with van der Waals surface area (Å²) in [7, 11) is 1.79. The maximum absolute atomic E-state index is 12.2. The fourth-order valence-electron chi connectivity index (χ4n) is 4.73. The first-order chi connectivity index (χ1) is 18.9. The van der Waals surface area contributed by atoms with Crippen LogP contribution in [0.5, 0.6) is 0 Å². The van der Waals surface area contributed by atoms with E-state index in [2.05, 4.69) is 34.9 Å². The van der Waals surface area contributed by atoms with E-state index in [4.69, 9.17) is 9.47 Å². The van der Waals surface area contributed by atoms with Gasteiger partial charge >= 0.3 is 12.1 Å². The first-order valence-electron chi connectivity index (χ1n) is 12.8. The molecule has 0 heterocycles. The van der Waals surface area contributed by atoms with Crippen LogP contribution in [0.4, 0.5) is 4.79 Å². The summed E-state index contributed by atoms with van der Waals surface area (Å²) in [5.74, 6) is -1.70. The highest BCUT2D eigenvalue weighted by molar-refractivity contribution is 5.84. The van der Waals surface area contributed by atoms with Crippen molar-refractivity contribution in [1.29, 1.82) is 0 Å². The minimum Gasteiger partial charge on any atom is -0.480 e. The zero-order valence-electron chi connectivity index (χ0n) is 21.8. The van der Waals surface area contributed by atoms with Crippen molar-refractivity contribution in [3.63, 3.8) is 0 Å². The summed E-state index contributed by atoms with van der Waals surface area (Å²) in [5.41, 5.74) is 5.62. The molecule has 4 rings (SSSR count). The number of amides is 2. The molecule has 0 aliphatic heterocycles. The molecule has 1 atom stereocenters. The lowest BCUT2D eigenvalue weighted by Gasteiger charge is -2.22. The number of ether oxygens (including phenoxy) is 2. The number of nitrogens with zero attached hydrogens (tertiary/aromatic N) is 1. The van der Waals surface area contributed by atoms with Crippen LogP contribution in [0.1, 0.15) is 22.6 Å². The molecule has 0 aromatic heterocycles. The largest absolute Gasteiger partial charge is 0.480 e. The molecule has 3 N–H and O–H groups in total. The molecule has 0 spiro atoms. The summed E-state index contributed by atoms with van der Waals surface area (Å²) in [6, 6.07) is 24.8. The van der Waals surface area contributed by atoms with Gasteiger partial charge in [0.2, 0.25) is 5.91 Å². The molecule has 1 unspecified atom stereocenters. The van der Waals surface area contributed by atoms with Crippen molar-refractivity contribution >= 4 is 18.0 Å². The van der Waals surface area contributed by atoms with Gasteiger partial charge in [0, 0.05) is 25.6 Å². The number of likely N-dealkylation sites (N-methyl/N-ethyl adjacent to an activating group) is 1. The molecule has 3 aromatic rings. The van der Waals surface area contributed by atoms with Crippen LogP contribution in [0.3, 0.4) is 0 Å². The molecular weight excluding hydrogens is 498 g/mol. The van der Waals surface area contributed by atoms with Gasteiger partial charge in [0.1, 0.15) is 19.3 Å². The lowest BCUT2D eigenvalue weighted by molar-refractivity contribution is -0.143. The molecule has 3 aromatic carbocycles. The summed E-state index contributed by atoms with van der Waals surface area (Å²) in [4.78, 5) is 37.9. The molecule has 0 radical (unpaired) electrons. The third-order valence-electron chi connectivity index (χ3n) is 6.52. The second kappa shape index (κ2) is 13.5. The van der Waals surface area contributed by atoms with E-state index in [0.29, 0.717) is 6.54 Å². The highest BCUT2D eigenvalue weighted by Crippen LogP contribution is 2.44. The number of fused-ring (bicyclic) bond motifs is 3. The summed E-state index contributed by atoms with van der Waals surface area (Å²) in [6.45, 7) is 0.796. The SMILES string of the molecule is CN(Cc1ccccc1)CC(NC(=O)COCCNC(=O)OCC1c2ccccc2-c2ccccc21)C(=O)O. The van der Waals surface area contributed by atoms with Crippen molar-refractivity contribution in [1.82, 2.24) is 15.5 Å². The molecule has 9 nitrogen and oxygen atoms in total. The summed E-state index contributed by atoms with van der Waals surface area (Å²) < 4.78 is 10.8. The normalized spacial score (nSPS) is 12.9. The molecule has 39 heavy (non-hydrogen) atoms. The second-order valence-corrected chi connectivity index (χ2v) is 9.45. The van der Waals surface area contributed by atoms with Crippen molar-refractivity contribution < 1.29 is 29.0 Å². The van der Waals surface area contributed by atoms with Crippen LogP contribution >= 0.6 is 0 Å². The van der Waals surface area contributed by atoms with E-state index in [-0.39, 0.29) is 38.8 Å². The molecule has 1 aliphatic carbocycles. The van der Waals surface area contributed by atoms with Gasteiger partial charge in [-0.2, -0.15) is 0 Å². The van der Waals surface area contributed by atoms with Gasteiger partial charge in [-0.1, -0.05) is 78.9 Å². The van der Waals surface area contributed by atoms with Crippen LogP contribution in [0, 0.1) is 0 Å². The highest BCUT2D eigenvalue weighted by atomic mass is 16.5. The monoisotopic (exact) mass is 531 g/mol. The maximum atomic E-state index is 12.2. The predicted octanol–water partition coefficient (Wildman–Crippen LogP) is 3.24. The topological polar surface area (TPSA) is 117 Å². The first kappa shape index (κ1) is 27.8. The summed E-state index contributed by atoms with van der Waals surface area (Å²) in [6.07, 6.45) is -0.572. The van der Waals surface area contributed by atoms with Crippen molar-refractivity contribution in [2.24, 2.45) is 0 Å².